The normalized spacial score (nSPS) is 16.0. The smallest absolute Gasteiger partial charge is 0.262 e. The monoisotopic (exact) mass is 408 g/mol. The molecule has 0 radical (unpaired) electrons. The molecule has 3 rings (SSSR count). The first-order valence-electron chi connectivity index (χ1n) is 8.46. The van der Waals surface area contributed by atoms with E-state index in [0.29, 0.717) is 11.4 Å². The molecule has 28 heavy (non-hydrogen) atoms. The minimum atomic E-state index is -4.03. The number of methoxy groups -OCH3 is 1. The minimum Gasteiger partial charge on any atom is -0.494 e. The van der Waals surface area contributed by atoms with Gasteiger partial charge in [0.2, 0.25) is 5.91 Å². The first kappa shape index (κ1) is 19.9. The Labute approximate surface area is 163 Å². The van der Waals surface area contributed by atoms with Crippen molar-refractivity contribution < 1.29 is 27.1 Å². The number of nitrogens with one attached hydrogen (secondary N) is 1. The van der Waals surface area contributed by atoms with E-state index in [1.54, 1.807) is 27.0 Å². The van der Waals surface area contributed by atoms with E-state index in [1.165, 1.54) is 36.3 Å². The summed E-state index contributed by atoms with van der Waals surface area (Å²) in [6.45, 7) is 3.71. The van der Waals surface area contributed by atoms with E-state index in [2.05, 4.69) is 4.72 Å². The number of ether oxygens (including phenoxy) is 2. The van der Waals surface area contributed by atoms with Crippen LogP contribution in [0, 0.1) is 11.2 Å². The number of benzene rings is 2. The van der Waals surface area contributed by atoms with Gasteiger partial charge in [-0.1, -0.05) is 0 Å². The SMILES string of the molecule is COc1ccc(S(=O)(=O)Nc2ccc3c(c2)OCC(C)(C)C(=O)N3C)cc1F. The molecular formula is C19H21FN2O5S. The summed E-state index contributed by atoms with van der Waals surface area (Å²) in [5.74, 6) is -0.554. The molecule has 0 spiro atoms. The molecule has 0 fully saturated rings. The Morgan fingerprint density at radius 2 is 1.93 bits per heavy atom. The highest BCUT2D eigenvalue weighted by atomic mass is 32.2. The van der Waals surface area contributed by atoms with Crippen LogP contribution in [0.4, 0.5) is 15.8 Å². The van der Waals surface area contributed by atoms with Crippen LogP contribution in [0.3, 0.4) is 0 Å². The zero-order valence-corrected chi connectivity index (χ0v) is 16.8. The molecular weight excluding hydrogens is 387 g/mol. The first-order chi connectivity index (χ1) is 13.0. The van der Waals surface area contributed by atoms with Crippen LogP contribution in [-0.4, -0.2) is 35.1 Å². The fourth-order valence-electron chi connectivity index (χ4n) is 2.88. The van der Waals surface area contributed by atoms with E-state index in [1.807, 2.05) is 0 Å². The van der Waals surface area contributed by atoms with E-state index < -0.39 is 21.3 Å². The Balaban J connectivity index is 1.91. The highest BCUT2D eigenvalue weighted by Crippen LogP contribution is 2.37. The lowest BCUT2D eigenvalue weighted by molar-refractivity contribution is -0.127. The van der Waals surface area contributed by atoms with Crippen molar-refractivity contribution in [2.45, 2.75) is 18.7 Å². The van der Waals surface area contributed by atoms with Crippen molar-refractivity contribution in [3.63, 3.8) is 0 Å². The summed E-state index contributed by atoms with van der Waals surface area (Å²) in [7, 11) is -1.09. The Morgan fingerprint density at radius 1 is 1.21 bits per heavy atom. The number of carbonyl (C=O) groups excluding carboxylic acids is 1. The molecule has 0 atom stereocenters. The van der Waals surface area contributed by atoms with Crippen LogP contribution in [0.15, 0.2) is 41.3 Å². The van der Waals surface area contributed by atoms with Crippen molar-refractivity contribution in [2.75, 3.05) is 30.4 Å². The maximum atomic E-state index is 13.9. The van der Waals surface area contributed by atoms with Crippen molar-refractivity contribution in [1.29, 1.82) is 0 Å². The van der Waals surface area contributed by atoms with Crippen LogP contribution < -0.4 is 19.1 Å². The number of rotatable bonds is 4. The van der Waals surface area contributed by atoms with Gasteiger partial charge in [0.1, 0.15) is 12.4 Å². The summed E-state index contributed by atoms with van der Waals surface area (Å²) in [6, 6.07) is 7.99. The molecule has 7 nitrogen and oxygen atoms in total. The third-order valence-electron chi connectivity index (χ3n) is 4.48. The quantitative estimate of drug-likeness (QED) is 0.841. The van der Waals surface area contributed by atoms with Gasteiger partial charge in [-0.3, -0.25) is 9.52 Å². The number of hydrogen-bond donors (Lipinski definition) is 1. The third kappa shape index (κ3) is 3.62. The summed E-state index contributed by atoms with van der Waals surface area (Å²) in [5.41, 5.74) is 0.0539. The van der Waals surface area contributed by atoms with Gasteiger partial charge in [0.05, 0.1) is 28.8 Å². The van der Waals surface area contributed by atoms with Crippen LogP contribution in [0.25, 0.3) is 0 Å². The minimum absolute atomic E-state index is 0.0484. The van der Waals surface area contributed by atoms with Crippen molar-refractivity contribution in [3.05, 3.63) is 42.2 Å². The van der Waals surface area contributed by atoms with Crippen LogP contribution >= 0.6 is 0 Å². The number of amides is 1. The average molecular weight is 408 g/mol. The zero-order chi connectivity index (χ0) is 20.7. The molecule has 2 aromatic rings. The summed E-state index contributed by atoms with van der Waals surface area (Å²) in [4.78, 5) is 13.7. The molecule has 0 saturated heterocycles. The molecule has 150 valence electrons. The molecule has 2 aromatic carbocycles. The topological polar surface area (TPSA) is 84.9 Å². The second-order valence-electron chi connectivity index (χ2n) is 7.12. The number of hydrogen-bond acceptors (Lipinski definition) is 5. The van der Waals surface area contributed by atoms with Crippen molar-refractivity contribution in [1.82, 2.24) is 0 Å². The van der Waals surface area contributed by atoms with Gasteiger partial charge in [0.25, 0.3) is 10.0 Å². The van der Waals surface area contributed by atoms with E-state index in [-0.39, 0.29) is 28.8 Å². The van der Waals surface area contributed by atoms with Crippen molar-refractivity contribution >= 4 is 27.3 Å². The van der Waals surface area contributed by atoms with Crippen LogP contribution in [0.5, 0.6) is 11.5 Å². The highest BCUT2D eigenvalue weighted by Gasteiger charge is 2.36. The predicted octanol–water partition coefficient (Wildman–Crippen LogP) is 3.02. The summed E-state index contributed by atoms with van der Waals surface area (Å²) < 4.78 is 52.0. The number of fused-ring (bicyclic) bond motifs is 1. The molecule has 0 aromatic heterocycles. The van der Waals surface area contributed by atoms with Gasteiger partial charge in [0, 0.05) is 13.1 Å². The van der Waals surface area contributed by atoms with E-state index in [9.17, 15) is 17.6 Å². The van der Waals surface area contributed by atoms with E-state index >= 15 is 0 Å². The molecule has 0 unspecified atom stereocenters. The molecule has 1 N–H and O–H groups in total. The number of carbonyl (C=O) groups is 1. The largest absolute Gasteiger partial charge is 0.494 e. The Morgan fingerprint density at radius 3 is 2.57 bits per heavy atom. The highest BCUT2D eigenvalue weighted by molar-refractivity contribution is 7.92. The number of halogens is 1. The van der Waals surface area contributed by atoms with E-state index in [0.717, 1.165) is 6.07 Å². The van der Waals surface area contributed by atoms with Gasteiger partial charge in [-0.15, -0.1) is 0 Å². The van der Waals surface area contributed by atoms with Gasteiger partial charge in [-0.25, -0.2) is 12.8 Å². The maximum Gasteiger partial charge on any atom is 0.262 e. The second kappa shape index (κ2) is 6.97. The summed E-state index contributed by atoms with van der Waals surface area (Å²) in [5, 5.41) is 0. The van der Waals surface area contributed by atoms with Gasteiger partial charge >= 0.3 is 0 Å². The first-order valence-corrected chi connectivity index (χ1v) is 9.95. The average Bonchev–Trinajstić information content (AvgIpc) is 2.72. The predicted molar refractivity (Wildman–Crippen MR) is 103 cm³/mol. The summed E-state index contributed by atoms with van der Waals surface area (Å²) >= 11 is 0. The zero-order valence-electron chi connectivity index (χ0n) is 15.9. The second-order valence-corrected chi connectivity index (χ2v) is 8.80. The lowest BCUT2D eigenvalue weighted by Gasteiger charge is -2.24. The van der Waals surface area contributed by atoms with E-state index in [4.69, 9.17) is 9.47 Å². The molecule has 0 saturated carbocycles. The molecule has 1 aliphatic heterocycles. The number of sulfonamides is 1. The Bertz CT molecular complexity index is 1040. The van der Waals surface area contributed by atoms with Crippen molar-refractivity contribution in [3.8, 4) is 11.5 Å². The van der Waals surface area contributed by atoms with Crippen LogP contribution in [-0.2, 0) is 14.8 Å². The number of anilines is 2. The van der Waals surface area contributed by atoms with Crippen molar-refractivity contribution in [2.24, 2.45) is 5.41 Å². The Kier molecular flexibility index (Phi) is 4.97. The fraction of sp³-hybridized carbons (Fsp3) is 0.316. The molecule has 0 aliphatic carbocycles. The lowest BCUT2D eigenvalue weighted by Crippen LogP contribution is -2.39. The molecule has 0 bridgehead atoms. The Hall–Kier alpha value is -2.81. The fourth-order valence-corrected chi connectivity index (χ4v) is 3.94. The maximum absolute atomic E-state index is 13.9. The lowest BCUT2D eigenvalue weighted by atomic mass is 9.93. The molecule has 1 amide bonds. The van der Waals surface area contributed by atoms with Gasteiger partial charge in [-0.05, 0) is 44.2 Å². The third-order valence-corrected chi connectivity index (χ3v) is 5.86. The van der Waals surface area contributed by atoms with Gasteiger partial charge in [0.15, 0.2) is 11.6 Å². The molecule has 1 heterocycles. The summed E-state index contributed by atoms with van der Waals surface area (Å²) in [6.07, 6.45) is 0. The van der Waals surface area contributed by atoms with Crippen LogP contribution in [0.2, 0.25) is 0 Å². The molecule has 9 heteroatoms. The van der Waals surface area contributed by atoms with Gasteiger partial charge < -0.3 is 14.4 Å². The number of nitrogens with zero attached hydrogens (tertiary/aromatic N) is 1. The molecule has 1 aliphatic rings. The van der Waals surface area contributed by atoms with Crippen LogP contribution in [0.1, 0.15) is 13.8 Å². The van der Waals surface area contributed by atoms with Gasteiger partial charge in [-0.2, -0.15) is 0 Å². The standard InChI is InChI=1S/C19H21FN2O5S/c1-19(2)11-27-17-9-12(5-7-15(17)22(3)18(19)23)21-28(24,25)13-6-8-16(26-4)14(20)10-13/h5-10,21H,11H2,1-4H3.